The zero-order valence-electron chi connectivity index (χ0n) is 7.39. The van der Waals surface area contributed by atoms with Crippen LogP contribution in [0.25, 0.3) is 0 Å². The van der Waals surface area contributed by atoms with E-state index in [0.717, 1.165) is 7.11 Å². The first-order valence-electron chi connectivity index (χ1n) is 3.27. The lowest BCUT2D eigenvalue weighted by atomic mass is 11.5. The van der Waals surface area contributed by atoms with Crippen LogP contribution in [0.2, 0.25) is 0 Å². The molecule has 0 aliphatic rings. The second kappa shape index (κ2) is 4.79. The fourth-order valence-corrected chi connectivity index (χ4v) is 2.28. The highest BCUT2D eigenvalue weighted by molar-refractivity contribution is 7.87. The molecule has 0 aliphatic heterocycles. The third-order valence-electron chi connectivity index (χ3n) is 1.02. The molecule has 0 bridgehead atoms. The Kier molecular flexibility index (Phi) is 4.74. The van der Waals surface area contributed by atoms with Crippen LogP contribution in [0.3, 0.4) is 0 Å². The minimum Gasteiger partial charge on any atom is -0.375 e. The number of hydrogen-bond acceptors (Lipinski definition) is 5. The third kappa shape index (κ3) is 4.94. The quantitative estimate of drug-likeness (QED) is 0.450. The molecule has 1 N–H and O–H groups in total. The lowest BCUT2D eigenvalue weighted by molar-refractivity contribution is -0.0532. The highest BCUT2D eigenvalue weighted by Crippen LogP contribution is 2.41. The van der Waals surface area contributed by atoms with Crippen LogP contribution < -0.4 is 0 Å². The molecular formula is C4H8F3O6PS. The topological polar surface area (TPSA) is 89.9 Å². The van der Waals surface area contributed by atoms with Crippen LogP contribution in [0, 0.1) is 0 Å². The van der Waals surface area contributed by atoms with E-state index in [9.17, 15) is 26.2 Å². The summed E-state index contributed by atoms with van der Waals surface area (Å²) in [5, 5.41) is 0. The number of halogens is 3. The van der Waals surface area contributed by atoms with Gasteiger partial charge >= 0.3 is 15.6 Å². The molecular weight excluding hydrogens is 264 g/mol. The summed E-state index contributed by atoms with van der Waals surface area (Å²) < 4.78 is 74.0. The van der Waals surface area contributed by atoms with Crippen LogP contribution in [-0.2, 0) is 23.6 Å². The van der Waals surface area contributed by atoms with Gasteiger partial charge in [-0.25, -0.2) is 0 Å². The van der Waals surface area contributed by atoms with Crippen molar-refractivity contribution in [2.75, 3.05) is 19.8 Å². The molecule has 0 aliphatic carbocycles. The van der Waals surface area contributed by atoms with Gasteiger partial charge in [-0.15, -0.1) is 0 Å². The van der Waals surface area contributed by atoms with Gasteiger partial charge in [0, 0.05) is 7.11 Å². The second-order valence-corrected chi connectivity index (χ2v) is 6.23. The monoisotopic (exact) mass is 272 g/mol. The van der Waals surface area contributed by atoms with Crippen LogP contribution in [0.4, 0.5) is 13.2 Å². The van der Waals surface area contributed by atoms with Gasteiger partial charge in [-0.3, -0.25) is 8.75 Å². The van der Waals surface area contributed by atoms with Crippen molar-refractivity contribution in [3.63, 3.8) is 0 Å². The predicted molar refractivity (Wildman–Crippen MR) is 42.6 cm³/mol. The summed E-state index contributed by atoms with van der Waals surface area (Å²) in [7, 11) is -8.99. The van der Waals surface area contributed by atoms with Crippen molar-refractivity contribution in [1.29, 1.82) is 0 Å². The van der Waals surface area contributed by atoms with Gasteiger partial charge < -0.3 is 9.63 Å². The number of hydrogen-bond donors (Lipinski definition) is 1. The average Bonchev–Trinajstić information content (AvgIpc) is 1.99. The molecule has 0 heterocycles. The second-order valence-electron chi connectivity index (χ2n) is 2.41. The molecule has 11 heteroatoms. The van der Waals surface area contributed by atoms with Crippen molar-refractivity contribution in [2.45, 2.75) is 5.51 Å². The van der Waals surface area contributed by atoms with E-state index in [2.05, 4.69) is 8.92 Å². The Bertz CT molecular complexity index is 348. The van der Waals surface area contributed by atoms with Crippen molar-refractivity contribution >= 4 is 17.5 Å². The van der Waals surface area contributed by atoms with Gasteiger partial charge in [0.2, 0.25) is 0 Å². The van der Waals surface area contributed by atoms with Crippen LogP contribution >= 0.6 is 7.37 Å². The minimum atomic E-state index is -5.84. The maximum Gasteiger partial charge on any atom is 0.523 e. The first-order chi connectivity index (χ1) is 6.52. The molecule has 0 rings (SSSR count). The van der Waals surface area contributed by atoms with Crippen LogP contribution in [0.1, 0.15) is 0 Å². The molecule has 0 radical (unpaired) electrons. The van der Waals surface area contributed by atoms with Crippen molar-refractivity contribution in [2.24, 2.45) is 0 Å². The largest absolute Gasteiger partial charge is 0.523 e. The Morgan fingerprint density at radius 3 is 2.13 bits per heavy atom. The number of ether oxygens (including phenoxy) is 1. The number of rotatable bonds is 5. The molecule has 0 saturated heterocycles. The first kappa shape index (κ1) is 14.8. The maximum absolute atomic E-state index is 11.7. The van der Waals surface area contributed by atoms with E-state index in [-0.39, 0.29) is 0 Å². The Labute approximate surface area is 83.6 Å². The van der Waals surface area contributed by atoms with Crippen LogP contribution in [-0.4, -0.2) is 38.6 Å². The summed E-state index contributed by atoms with van der Waals surface area (Å²) in [6.07, 6.45) is -2.26. The molecule has 6 nitrogen and oxygen atoms in total. The van der Waals surface area contributed by atoms with E-state index in [4.69, 9.17) is 4.89 Å². The van der Waals surface area contributed by atoms with E-state index in [1.807, 2.05) is 0 Å². The molecule has 0 fully saturated rings. The fraction of sp³-hybridized carbons (Fsp3) is 1.00. The summed E-state index contributed by atoms with van der Waals surface area (Å²) in [5.74, 6) is 0. The molecule has 1 atom stereocenters. The normalized spacial score (nSPS) is 17.4. The summed E-state index contributed by atoms with van der Waals surface area (Å²) in [6, 6.07) is 0. The lowest BCUT2D eigenvalue weighted by Gasteiger charge is -2.12. The maximum atomic E-state index is 11.7. The van der Waals surface area contributed by atoms with Gasteiger partial charge in [0.1, 0.15) is 12.7 Å². The standard InChI is InChI=1S/C4H8F3O6PS/c1-12-2-14(8,9)3-13-15(10,11)4(5,6)7/h2-3H2,1H3,(H,8,9). The van der Waals surface area contributed by atoms with E-state index < -0.39 is 35.7 Å². The molecule has 0 aromatic carbocycles. The molecule has 1 unspecified atom stereocenters. The molecule has 0 aromatic rings. The zero-order valence-corrected chi connectivity index (χ0v) is 9.10. The summed E-state index contributed by atoms with van der Waals surface area (Å²) in [5.41, 5.74) is -5.61. The van der Waals surface area contributed by atoms with Gasteiger partial charge in [0.15, 0.2) is 0 Å². The van der Waals surface area contributed by atoms with Crippen molar-refractivity contribution in [3.8, 4) is 0 Å². The Balaban J connectivity index is 4.48. The molecule has 0 amide bonds. The van der Waals surface area contributed by atoms with Gasteiger partial charge in [-0.2, -0.15) is 21.6 Å². The minimum absolute atomic E-state index is 0.791. The Hall–Kier alpha value is -0.150. The molecule has 0 spiro atoms. The highest BCUT2D eigenvalue weighted by atomic mass is 32.2. The molecule has 0 saturated carbocycles. The summed E-state index contributed by atoms with van der Waals surface area (Å²) >= 11 is 0. The van der Waals surface area contributed by atoms with E-state index in [1.54, 1.807) is 0 Å². The smallest absolute Gasteiger partial charge is 0.375 e. The van der Waals surface area contributed by atoms with Crippen LogP contribution in [0.15, 0.2) is 0 Å². The molecule has 0 aromatic heterocycles. The van der Waals surface area contributed by atoms with Gasteiger partial charge in [-0.05, 0) is 0 Å². The molecule has 92 valence electrons. The Morgan fingerprint density at radius 1 is 1.33 bits per heavy atom. The molecule has 15 heavy (non-hydrogen) atoms. The SMILES string of the molecule is COCP(=O)(O)COS(=O)(=O)C(F)(F)F. The number of methoxy groups -OCH3 is 1. The Morgan fingerprint density at radius 2 is 1.80 bits per heavy atom. The van der Waals surface area contributed by atoms with Gasteiger partial charge in [0.05, 0.1) is 0 Å². The highest BCUT2D eigenvalue weighted by Gasteiger charge is 2.48. The van der Waals surface area contributed by atoms with Crippen LogP contribution in [0.5, 0.6) is 0 Å². The summed E-state index contributed by atoms with van der Waals surface area (Å²) in [6.45, 7) is 0. The summed E-state index contributed by atoms with van der Waals surface area (Å²) in [4.78, 5) is 8.82. The van der Waals surface area contributed by atoms with Crippen molar-refractivity contribution < 1.29 is 40.0 Å². The van der Waals surface area contributed by atoms with Crippen molar-refractivity contribution in [3.05, 3.63) is 0 Å². The van der Waals surface area contributed by atoms with Gasteiger partial charge in [-0.1, -0.05) is 0 Å². The van der Waals surface area contributed by atoms with E-state index in [1.165, 1.54) is 0 Å². The van der Waals surface area contributed by atoms with Crippen molar-refractivity contribution in [1.82, 2.24) is 0 Å². The van der Waals surface area contributed by atoms with E-state index in [0.29, 0.717) is 0 Å². The zero-order chi connectivity index (χ0) is 12.3. The lowest BCUT2D eigenvalue weighted by Crippen LogP contribution is -2.26. The third-order valence-corrected chi connectivity index (χ3v) is 3.39. The average molecular weight is 272 g/mol. The predicted octanol–water partition coefficient (Wildman–Crippen LogP) is 0.684. The first-order valence-corrected chi connectivity index (χ1v) is 6.71. The van der Waals surface area contributed by atoms with Gasteiger partial charge in [0.25, 0.3) is 7.37 Å². The number of alkyl halides is 3. The van der Waals surface area contributed by atoms with E-state index >= 15 is 0 Å². The fourth-order valence-electron chi connectivity index (χ4n) is 0.458.